The van der Waals surface area contributed by atoms with Gasteiger partial charge in [0.1, 0.15) is 0 Å². The number of halogens is 1. The van der Waals surface area contributed by atoms with Crippen LogP contribution in [0.15, 0.2) is 17.1 Å². The first-order valence-corrected chi connectivity index (χ1v) is 10.0. The minimum atomic E-state index is -0.203. The van der Waals surface area contributed by atoms with Crippen LogP contribution in [0.3, 0.4) is 0 Å². The Balaban J connectivity index is 1.93. The molecule has 0 spiro atoms. The molecule has 0 aromatic carbocycles. The molecule has 1 aliphatic rings. The maximum absolute atomic E-state index is 11.2. The van der Waals surface area contributed by atoms with Gasteiger partial charge in [-0.15, -0.1) is 11.3 Å². The molecular weight excluding hydrogens is 423 g/mol. The largest absolute Gasteiger partial charge is 0.370 e. The molecule has 1 unspecified atom stereocenters. The molecule has 1 aromatic rings. The van der Waals surface area contributed by atoms with Gasteiger partial charge in [0.2, 0.25) is 5.91 Å². The fraction of sp³-hybridized carbons (Fsp3) is 0.625. The monoisotopic (exact) mass is 448 g/mol. The zero-order valence-electron chi connectivity index (χ0n) is 13.6. The van der Waals surface area contributed by atoms with E-state index in [1.807, 2.05) is 11.3 Å². The van der Waals surface area contributed by atoms with E-state index in [1.54, 1.807) is 0 Å². The van der Waals surface area contributed by atoms with Crippen molar-refractivity contribution in [3.8, 4) is 0 Å². The van der Waals surface area contributed by atoms with Gasteiger partial charge in [0.25, 0.3) is 0 Å². The highest BCUT2D eigenvalue weighted by Gasteiger charge is 2.23. The second-order valence-electron chi connectivity index (χ2n) is 5.82. The van der Waals surface area contributed by atoms with Crippen molar-refractivity contribution in [2.75, 3.05) is 26.2 Å². The number of likely N-dealkylation sites (tertiary alicyclic amines) is 1. The van der Waals surface area contributed by atoms with Gasteiger partial charge in [-0.1, -0.05) is 0 Å². The number of carbonyl (C=O) groups excluding carboxylic acids is 1. The maximum atomic E-state index is 11.2. The van der Waals surface area contributed by atoms with Crippen LogP contribution in [-0.2, 0) is 11.2 Å². The van der Waals surface area contributed by atoms with Crippen molar-refractivity contribution in [3.05, 3.63) is 19.9 Å². The molecule has 0 bridgehead atoms. The molecule has 128 valence electrons. The highest BCUT2D eigenvalue weighted by molar-refractivity contribution is 14.1. The summed E-state index contributed by atoms with van der Waals surface area (Å²) in [4.78, 5) is 19.6. The second-order valence-corrected chi connectivity index (χ2v) is 8.88. The van der Waals surface area contributed by atoms with Gasteiger partial charge in [-0.05, 0) is 60.4 Å². The van der Waals surface area contributed by atoms with Crippen LogP contribution in [0.2, 0.25) is 0 Å². The van der Waals surface area contributed by atoms with E-state index >= 15 is 0 Å². The number of amides is 1. The van der Waals surface area contributed by atoms with Crippen LogP contribution in [0.5, 0.6) is 0 Å². The summed E-state index contributed by atoms with van der Waals surface area (Å²) in [6, 6.07) is 4.33. The normalized spacial score (nSPS) is 19.0. The van der Waals surface area contributed by atoms with Crippen molar-refractivity contribution in [1.82, 2.24) is 10.2 Å². The molecule has 0 saturated carbocycles. The topological polar surface area (TPSA) is 70.7 Å². The Morgan fingerprint density at radius 3 is 3.04 bits per heavy atom. The molecule has 1 atom stereocenters. The standard InChI is InChI=1S/C16H25IN4OS/c1-2-19-16(20-8-7-13-5-6-14(17)23-13)21-9-3-4-12(11-21)10-15(18)22/h5-6,12H,2-4,7-11H2,1H3,(H2,18,22)(H,19,20). The van der Waals surface area contributed by atoms with E-state index < -0.39 is 0 Å². The Labute approximate surface area is 155 Å². The summed E-state index contributed by atoms with van der Waals surface area (Å²) in [7, 11) is 0. The number of primary amides is 1. The van der Waals surface area contributed by atoms with Crippen LogP contribution in [0.1, 0.15) is 31.1 Å². The number of nitrogens with one attached hydrogen (secondary N) is 1. The molecule has 2 rings (SSSR count). The molecule has 1 aliphatic heterocycles. The quantitative estimate of drug-likeness (QED) is 0.399. The number of rotatable bonds is 6. The van der Waals surface area contributed by atoms with Crippen LogP contribution in [0.4, 0.5) is 0 Å². The van der Waals surface area contributed by atoms with E-state index in [2.05, 4.69) is 51.9 Å². The Kier molecular flexibility index (Phi) is 7.61. The van der Waals surface area contributed by atoms with Crippen molar-refractivity contribution in [2.45, 2.75) is 32.6 Å². The second kappa shape index (κ2) is 9.46. The van der Waals surface area contributed by atoms with Gasteiger partial charge < -0.3 is 16.0 Å². The number of carbonyl (C=O) groups is 1. The maximum Gasteiger partial charge on any atom is 0.217 e. The van der Waals surface area contributed by atoms with Gasteiger partial charge in [0.05, 0.1) is 2.88 Å². The average Bonchev–Trinajstić information content (AvgIpc) is 2.91. The van der Waals surface area contributed by atoms with Crippen LogP contribution in [0, 0.1) is 8.80 Å². The van der Waals surface area contributed by atoms with Crippen LogP contribution >= 0.6 is 33.9 Å². The van der Waals surface area contributed by atoms with Crippen molar-refractivity contribution in [1.29, 1.82) is 0 Å². The summed E-state index contributed by atoms with van der Waals surface area (Å²) < 4.78 is 1.32. The summed E-state index contributed by atoms with van der Waals surface area (Å²) in [5.74, 6) is 1.11. The lowest BCUT2D eigenvalue weighted by molar-refractivity contribution is -0.119. The molecular formula is C16H25IN4OS. The summed E-state index contributed by atoms with van der Waals surface area (Å²) in [5.41, 5.74) is 5.35. The third-order valence-electron chi connectivity index (χ3n) is 3.89. The lowest BCUT2D eigenvalue weighted by Gasteiger charge is -2.34. The van der Waals surface area contributed by atoms with Crippen molar-refractivity contribution >= 4 is 45.8 Å². The fourth-order valence-electron chi connectivity index (χ4n) is 2.89. The molecule has 2 heterocycles. The molecule has 1 saturated heterocycles. The fourth-order valence-corrected chi connectivity index (χ4v) is 4.64. The predicted octanol–water partition coefficient (Wildman–Crippen LogP) is 2.45. The minimum absolute atomic E-state index is 0.203. The molecule has 7 heteroatoms. The SMILES string of the molecule is CCNC(=NCCc1ccc(I)s1)N1CCCC(CC(N)=O)C1. The number of hydrogen-bond acceptors (Lipinski definition) is 3. The van der Waals surface area contributed by atoms with E-state index in [9.17, 15) is 4.79 Å². The molecule has 1 aromatic heterocycles. The molecule has 23 heavy (non-hydrogen) atoms. The van der Waals surface area contributed by atoms with Gasteiger partial charge in [0, 0.05) is 43.9 Å². The number of guanidine groups is 1. The molecule has 1 amide bonds. The van der Waals surface area contributed by atoms with Crippen LogP contribution in [-0.4, -0.2) is 42.9 Å². The Bertz CT molecular complexity index is 546. The first kappa shape index (κ1) is 18.5. The van der Waals surface area contributed by atoms with E-state index in [4.69, 9.17) is 10.7 Å². The average molecular weight is 448 g/mol. The van der Waals surface area contributed by atoms with Gasteiger partial charge in [0.15, 0.2) is 5.96 Å². The lowest BCUT2D eigenvalue weighted by atomic mass is 9.95. The van der Waals surface area contributed by atoms with E-state index in [0.717, 1.165) is 51.4 Å². The number of aliphatic imine (C=N–C) groups is 1. The zero-order chi connectivity index (χ0) is 16.7. The third kappa shape index (κ3) is 6.29. The first-order valence-electron chi connectivity index (χ1n) is 8.14. The summed E-state index contributed by atoms with van der Waals surface area (Å²) in [6.07, 6.45) is 3.61. The van der Waals surface area contributed by atoms with Crippen molar-refractivity contribution in [3.63, 3.8) is 0 Å². The number of nitrogens with two attached hydrogens (primary N) is 1. The third-order valence-corrected chi connectivity index (χ3v) is 5.85. The summed E-state index contributed by atoms with van der Waals surface area (Å²) in [5, 5.41) is 3.38. The Morgan fingerprint density at radius 2 is 2.39 bits per heavy atom. The van der Waals surface area contributed by atoms with Gasteiger partial charge in [-0.25, -0.2) is 0 Å². The van der Waals surface area contributed by atoms with Crippen LogP contribution < -0.4 is 11.1 Å². The predicted molar refractivity (Wildman–Crippen MR) is 105 cm³/mol. The van der Waals surface area contributed by atoms with Crippen molar-refractivity contribution in [2.24, 2.45) is 16.6 Å². The zero-order valence-corrected chi connectivity index (χ0v) is 16.5. The van der Waals surface area contributed by atoms with E-state index in [0.29, 0.717) is 12.3 Å². The molecule has 1 fully saturated rings. The van der Waals surface area contributed by atoms with Gasteiger partial charge in [-0.2, -0.15) is 0 Å². The van der Waals surface area contributed by atoms with Gasteiger partial charge >= 0.3 is 0 Å². The Hall–Kier alpha value is -0.830. The molecule has 0 aliphatic carbocycles. The minimum Gasteiger partial charge on any atom is -0.370 e. The summed E-state index contributed by atoms with van der Waals surface area (Å²) >= 11 is 4.18. The lowest BCUT2D eigenvalue weighted by Crippen LogP contribution is -2.47. The van der Waals surface area contributed by atoms with Crippen LogP contribution in [0.25, 0.3) is 0 Å². The van der Waals surface area contributed by atoms with Gasteiger partial charge in [-0.3, -0.25) is 9.79 Å². The van der Waals surface area contributed by atoms with Crippen molar-refractivity contribution < 1.29 is 4.79 Å². The molecule has 3 N–H and O–H groups in total. The highest BCUT2D eigenvalue weighted by atomic mass is 127. The number of thiophene rings is 1. The van der Waals surface area contributed by atoms with E-state index in [1.165, 1.54) is 7.76 Å². The van der Waals surface area contributed by atoms with E-state index in [-0.39, 0.29) is 5.91 Å². The highest BCUT2D eigenvalue weighted by Crippen LogP contribution is 2.20. The summed E-state index contributed by atoms with van der Waals surface area (Å²) in [6.45, 7) is 5.59. The number of piperidine rings is 1. The first-order chi connectivity index (χ1) is 11.1. The molecule has 5 nitrogen and oxygen atoms in total. The number of hydrogen-bond donors (Lipinski definition) is 2. The smallest absolute Gasteiger partial charge is 0.217 e. The molecule has 0 radical (unpaired) electrons. The number of nitrogens with zero attached hydrogens (tertiary/aromatic N) is 2. The Morgan fingerprint density at radius 1 is 1.57 bits per heavy atom.